The minimum atomic E-state index is 0.0793. The largest absolute Gasteiger partial charge is 0.381 e. The van der Waals surface area contributed by atoms with Gasteiger partial charge in [0.15, 0.2) is 0 Å². The molecule has 126 valence electrons. The number of carbonyl (C=O) groups excluding carboxylic acids is 1. The van der Waals surface area contributed by atoms with Crippen LogP contribution in [0.5, 0.6) is 0 Å². The number of hydrogen-bond acceptors (Lipinski definition) is 4. The summed E-state index contributed by atoms with van der Waals surface area (Å²) in [6, 6.07) is 0.341. The number of likely N-dealkylation sites (N-methyl/N-ethyl adjacent to an activating group) is 1. The molecule has 1 unspecified atom stereocenters. The third-order valence-corrected chi connectivity index (χ3v) is 4.78. The molecule has 3 aliphatic rings. The van der Waals surface area contributed by atoms with E-state index in [1.165, 1.54) is 12.8 Å². The van der Waals surface area contributed by atoms with Gasteiger partial charge in [-0.25, -0.2) is 4.79 Å². The molecule has 3 fully saturated rings. The number of ether oxygens (including phenoxy) is 2. The molecule has 0 spiro atoms. The smallest absolute Gasteiger partial charge is 0.317 e. The summed E-state index contributed by atoms with van der Waals surface area (Å²) in [6.45, 7) is 5.74. The molecule has 2 aliphatic heterocycles. The first-order valence-electron chi connectivity index (χ1n) is 8.64. The van der Waals surface area contributed by atoms with Crippen molar-refractivity contribution in [1.82, 2.24) is 15.1 Å². The maximum absolute atomic E-state index is 12.6. The summed E-state index contributed by atoms with van der Waals surface area (Å²) in [4.78, 5) is 16.9. The second-order valence-electron chi connectivity index (χ2n) is 6.94. The molecule has 2 saturated heterocycles. The molecule has 6 heteroatoms. The van der Waals surface area contributed by atoms with Gasteiger partial charge >= 0.3 is 6.03 Å². The van der Waals surface area contributed by atoms with Gasteiger partial charge in [0.2, 0.25) is 0 Å². The molecule has 0 aromatic heterocycles. The highest BCUT2D eigenvalue weighted by atomic mass is 16.5. The Labute approximate surface area is 133 Å². The van der Waals surface area contributed by atoms with Gasteiger partial charge in [0, 0.05) is 45.4 Å². The van der Waals surface area contributed by atoms with Gasteiger partial charge in [-0.2, -0.15) is 0 Å². The molecule has 1 N–H and O–H groups in total. The van der Waals surface area contributed by atoms with Crippen LogP contribution in [0.4, 0.5) is 4.79 Å². The molecule has 6 nitrogen and oxygen atoms in total. The molecule has 1 saturated carbocycles. The van der Waals surface area contributed by atoms with E-state index in [1.807, 2.05) is 4.90 Å². The lowest BCUT2D eigenvalue weighted by atomic mass is 10.1. The van der Waals surface area contributed by atoms with E-state index in [1.54, 1.807) is 0 Å². The summed E-state index contributed by atoms with van der Waals surface area (Å²) in [7, 11) is 2.11. The lowest BCUT2D eigenvalue weighted by Gasteiger charge is -2.35. The molecular formula is C16H29N3O3. The van der Waals surface area contributed by atoms with Gasteiger partial charge < -0.3 is 24.6 Å². The van der Waals surface area contributed by atoms with E-state index in [9.17, 15) is 4.79 Å². The van der Waals surface area contributed by atoms with Gasteiger partial charge in [0.05, 0.1) is 12.7 Å². The summed E-state index contributed by atoms with van der Waals surface area (Å²) < 4.78 is 11.2. The van der Waals surface area contributed by atoms with Crippen molar-refractivity contribution < 1.29 is 14.3 Å². The Bertz CT molecular complexity index is 370. The number of amides is 2. The van der Waals surface area contributed by atoms with E-state index in [0.717, 1.165) is 52.3 Å². The molecule has 1 atom stereocenters. The zero-order chi connectivity index (χ0) is 15.4. The van der Waals surface area contributed by atoms with Crippen molar-refractivity contribution in [1.29, 1.82) is 0 Å². The first-order chi connectivity index (χ1) is 10.7. The van der Waals surface area contributed by atoms with Crippen LogP contribution in [-0.2, 0) is 9.47 Å². The van der Waals surface area contributed by atoms with Gasteiger partial charge in [-0.15, -0.1) is 0 Å². The van der Waals surface area contributed by atoms with Gasteiger partial charge in [-0.1, -0.05) is 0 Å². The molecular weight excluding hydrogens is 282 g/mol. The van der Waals surface area contributed by atoms with Crippen molar-refractivity contribution in [2.45, 2.75) is 37.8 Å². The fourth-order valence-corrected chi connectivity index (χ4v) is 3.18. The molecule has 2 amide bonds. The minimum absolute atomic E-state index is 0.0793. The molecule has 22 heavy (non-hydrogen) atoms. The van der Waals surface area contributed by atoms with E-state index in [-0.39, 0.29) is 18.2 Å². The van der Waals surface area contributed by atoms with E-state index in [4.69, 9.17) is 9.47 Å². The summed E-state index contributed by atoms with van der Waals surface area (Å²) in [5.41, 5.74) is 0. The Kier molecular flexibility index (Phi) is 5.55. The maximum atomic E-state index is 12.6. The zero-order valence-corrected chi connectivity index (χ0v) is 13.6. The first kappa shape index (κ1) is 16.0. The van der Waals surface area contributed by atoms with E-state index in [2.05, 4.69) is 17.3 Å². The van der Waals surface area contributed by atoms with E-state index < -0.39 is 0 Å². The lowest BCUT2D eigenvalue weighted by Crippen LogP contribution is -2.52. The Morgan fingerprint density at radius 3 is 2.64 bits per heavy atom. The molecule has 3 rings (SSSR count). The van der Waals surface area contributed by atoms with Crippen LogP contribution < -0.4 is 5.32 Å². The highest BCUT2D eigenvalue weighted by Crippen LogP contribution is 2.30. The predicted octanol–water partition coefficient (Wildman–Crippen LogP) is 0.918. The van der Waals surface area contributed by atoms with Gasteiger partial charge in [-0.05, 0) is 38.6 Å². The van der Waals surface area contributed by atoms with Crippen LogP contribution >= 0.6 is 0 Å². The van der Waals surface area contributed by atoms with Crippen LogP contribution in [0.2, 0.25) is 0 Å². The maximum Gasteiger partial charge on any atom is 0.317 e. The summed E-state index contributed by atoms with van der Waals surface area (Å²) in [5, 5.41) is 3.19. The third-order valence-electron chi connectivity index (χ3n) is 4.78. The van der Waals surface area contributed by atoms with Crippen molar-refractivity contribution in [2.75, 3.05) is 53.0 Å². The van der Waals surface area contributed by atoms with Crippen LogP contribution in [0, 0.1) is 5.92 Å². The van der Waals surface area contributed by atoms with Crippen molar-refractivity contribution in [3.05, 3.63) is 0 Å². The van der Waals surface area contributed by atoms with Crippen LogP contribution in [0.1, 0.15) is 25.7 Å². The zero-order valence-electron chi connectivity index (χ0n) is 13.6. The summed E-state index contributed by atoms with van der Waals surface area (Å²) in [6.07, 6.45) is 4.49. The SMILES string of the molecule is CN1CCOC(CN(CC2CC2)C(=O)NC2CCOCC2)C1. The van der Waals surface area contributed by atoms with Gasteiger partial charge in [0.25, 0.3) is 0 Å². The number of urea groups is 1. The molecule has 1 aliphatic carbocycles. The van der Waals surface area contributed by atoms with Crippen molar-refractivity contribution in [3.63, 3.8) is 0 Å². The Balaban J connectivity index is 1.52. The van der Waals surface area contributed by atoms with Crippen LogP contribution in [0.25, 0.3) is 0 Å². The average molecular weight is 311 g/mol. The van der Waals surface area contributed by atoms with Gasteiger partial charge in [-0.3, -0.25) is 0 Å². The molecule has 0 radical (unpaired) electrons. The highest BCUT2D eigenvalue weighted by molar-refractivity contribution is 5.74. The average Bonchev–Trinajstić information content (AvgIpc) is 3.32. The number of hydrogen-bond donors (Lipinski definition) is 1. The third kappa shape index (κ3) is 4.83. The normalized spacial score (nSPS) is 27.6. The second-order valence-corrected chi connectivity index (χ2v) is 6.94. The topological polar surface area (TPSA) is 54.0 Å². The van der Waals surface area contributed by atoms with Crippen molar-refractivity contribution in [2.24, 2.45) is 5.92 Å². The van der Waals surface area contributed by atoms with Gasteiger partial charge in [0.1, 0.15) is 0 Å². The molecule has 0 aromatic rings. The standard InChI is InChI=1S/C16H29N3O3/c1-18-6-9-22-15(11-18)12-19(10-13-2-3-13)16(20)17-14-4-7-21-8-5-14/h13-15H,2-12H2,1H3,(H,17,20). The van der Waals surface area contributed by atoms with Crippen LogP contribution in [0.15, 0.2) is 0 Å². The highest BCUT2D eigenvalue weighted by Gasteiger charge is 2.30. The lowest BCUT2D eigenvalue weighted by molar-refractivity contribution is -0.0311. The number of nitrogens with one attached hydrogen (secondary N) is 1. The second kappa shape index (κ2) is 7.62. The van der Waals surface area contributed by atoms with E-state index >= 15 is 0 Å². The molecule has 0 bridgehead atoms. The quantitative estimate of drug-likeness (QED) is 0.820. The Morgan fingerprint density at radius 1 is 1.18 bits per heavy atom. The fourth-order valence-electron chi connectivity index (χ4n) is 3.18. The van der Waals surface area contributed by atoms with Crippen LogP contribution in [0.3, 0.4) is 0 Å². The minimum Gasteiger partial charge on any atom is -0.381 e. The van der Waals surface area contributed by atoms with E-state index in [0.29, 0.717) is 12.5 Å². The Hall–Kier alpha value is -0.850. The van der Waals surface area contributed by atoms with Crippen molar-refractivity contribution >= 4 is 6.03 Å². The number of carbonyl (C=O) groups is 1. The number of rotatable bonds is 5. The predicted molar refractivity (Wildman–Crippen MR) is 83.9 cm³/mol. The first-order valence-corrected chi connectivity index (χ1v) is 8.64. The Morgan fingerprint density at radius 2 is 1.95 bits per heavy atom. The number of nitrogens with zero attached hydrogens (tertiary/aromatic N) is 2. The van der Waals surface area contributed by atoms with Crippen molar-refractivity contribution in [3.8, 4) is 0 Å². The molecule has 2 heterocycles. The fraction of sp³-hybridized carbons (Fsp3) is 0.938. The van der Waals surface area contributed by atoms with Crippen LogP contribution in [-0.4, -0.2) is 81.0 Å². The monoisotopic (exact) mass is 311 g/mol. The summed E-state index contributed by atoms with van der Waals surface area (Å²) >= 11 is 0. The summed E-state index contributed by atoms with van der Waals surface area (Å²) in [5.74, 6) is 0.696. The molecule has 0 aromatic carbocycles. The number of morpholine rings is 1.